The molecule has 0 aromatic carbocycles. The zero-order valence-corrected chi connectivity index (χ0v) is 12.4. The second-order valence-electron chi connectivity index (χ2n) is 5.94. The van der Waals surface area contributed by atoms with E-state index < -0.39 is 0 Å². The largest absolute Gasteiger partial charge is 0.469 e. The summed E-state index contributed by atoms with van der Waals surface area (Å²) in [5.41, 5.74) is 8.19. The number of rotatable bonds is 3. The molecular weight excluding hydrogens is 278 g/mol. The SMILES string of the molecule is Nc1nc2nc(C3CCCCC3)nc(Cc3ccco3)c2[nH]1. The Balaban J connectivity index is 1.77. The number of fused-ring (bicyclic) bond motifs is 1. The number of imidazole rings is 1. The Morgan fingerprint density at radius 3 is 2.82 bits per heavy atom. The minimum Gasteiger partial charge on any atom is -0.469 e. The molecule has 22 heavy (non-hydrogen) atoms. The Labute approximate surface area is 128 Å². The van der Waals surface area contributed by atoms with Crippen LogP contribution in [0.2, 0.25) is 0 Å². The van der Waals surface area contributed by atoms with Crippen molar-refractivity contribution in [3.8, 4) is 0 Å². The number of nitrogen functional groups attached to an aromatic ring is 1. The third-order valence-corrected chi connectivity index (χ3v) is 4.35. The van der Waals surface area contributed by atoms with Crippen LogP contribution in [0.1, 0.15) is 55.3 Å². The van der Waals surface area contributed by atoms with Gasteiger partial charge in [0.15, 0.2) is 11.6 Å². The number of furan rings is 1. The van der Waals surface area contributed by atoms with Crippen LogP contribution in [0.3, 0.4) is 0 Å². The molecule has 1 aliphatic carbocycles. The highest BCUT2D eigenvalue weighted by molar-refractivity contribution is 5.75. The summed E-state index contributed by atoms with van der Waals surface area (Å²) in [5.74, 6) is 2.60. The molecule has 1 aliphatic rings. The molecule has 1 fully saturated rings. The first-order valence-corrected chi connectivity index (χ1v) is 7.84. The van der Waals surface area contributed by atoms with Crippen LogP contribution in [0.5, 0.6) is 0 Å². The smallest absolute Gasteiger partial charge is 0.200 e. The van der Waals surface area contributed by atoms with Crippen molar-refractivity contribution in [3.05, 3.63) is 35.7 Å². The number of hydrogen-bond donors (Lipinski definition) is 2. The molecule has 6 nitrogen and oxygen atoms in total. The molecule has 0 saturated heterocycles. The third kappa shape index (κ3) is 2.45. The average Bonchev–Trinajstić information content (AvgIpc) is 3.16. The second-order valence-corrected chi connectivity index (χ2v) is 5.94. The Kier molecular flexibility index (Phi) is 3.29. The van der Waals surface area contributed by atoms with Gasteiger partial charge in [-0.1, -0.05) is 19.3 Å². The van der Waals surface area contributed by atoms with E-state index in [9.17, 15) is 0 Å². The highest BCUT2D eigenvalue weighted by Gasteiger charge is 2.21. The first-order valence-electron chi connectivity index (χ1n) is 7.84. The summed E-state index contributed by atoms with van der Waals surface area (Å²) in [4.78, 5) is 16.8. The monoisotopic (exact) mass is 297 g/mol. The maximum Gasteiger partial charge on any atom is 0.200 e. The van der Waals surface area contributed by atoms with E-state index in [1.165, 1.54) is 19.3 Å². The maximum absolute atomic E-state index is 5.80. The molecule has 0 aliphatic heterocycles. The summed E-state index contributed by atoms with van der Waals surface area (Å²) in [6, 6.07) is 3.84. The van der Waals surface area contributed by atoms with E-state index in [0.717, 1.165) is 35.6 Å². The standard InChI is InChI=1S/C16H19N5O/c17-16-19-13-12(9-11-7-4-8-22-11)18-14(20-15(13)21-16)10-5-2-1-3-6-10/h4,7-8,10H,1-3,5-6,9H2,(H3,17,18,19,20,21). The Bertz CT molecular complexity index is 771. The minimum absolute atomic E-state index is 0.380. The van der Waals surface area contributed by atoms with Gasteiger partial charge >= 0.3 is 0 Å². The highest BCUT2D eigenvalue weighted by Crippen LogP contribution is 2.32. The van der Waals surface area contributed by atoms with Crippen molar-refractivity contribution >= 4 is 17.1 Å². The number of nitrogens with two attached hydrogens (primary N) is 1. The van der Waals surface area contributed by atoms with E-state index in [4.69, 9.17) is 15.1 Å². The topological polar surface area (TPSA) is 93.6 Å². The maximum atomic E-state index is 5.80. The van der Waals surface area contributed by atoms with Crippen LogP contribution in [-0.4, -0.2) is 19.9 Å². The predicted molar refractivity (Wildman–Crippen MR) is 83.4 cm³/mol. The lowest BCUT2D eigenvalue weighted by Crippen LogP contribution is -2.11. The van der Waals surface area contributed by atoms with Crippen LogP contribution >= 0.6 is 0 Å². The molecule has 4 rings (SSSR count). The highest BCUT2D eigenvalue weighted by atomic mass is 16.3. The van der Waals surface area contributed by atoms with Gasteiger partial charge in [0.25, 0.3) is 0 Å². The van der Waals surface area contributed by atoms with Gasteiger partial charge in [0.1, 0.15) is 17.1 Å². The van der Waals surface area contributed by atoms with Gasteiger partial charge in [0.05, 0.1) is 18.4 Å². The first kappa shape index (κ1) is 13.3. The summed E-state index contributed by atoms with van der Waals surface area (Å²) < 4.78 is 5.45. The summed E-state index contributed by atoms with van der Waals surface area (Å²) in [7, 11) is 0. The van der Waals surface area contributed by atoms with Crippen molar-refractivity contribution in [2.24, 2.45) is 0 Å². The molecule has 114 valence electrons. The van der Waals surface area contributed by atoms with Crippen molar-refractivity contribution in [2.75, 3.05) is 5.73 Å². The fourth-order valence-corrected chi connectivity index (χ4v) is 3.24. The van der Waals surface area contributed by atoms with E-state index in [1.807, 2.05) is 12.1 Å². The number of anilines is 1. The summed E-state index contributed by atoms with van der Waals surface area (Å²) in [6.07, 6.45) is 8.43. The van der Waals surface area contributed by atoms with E-state index in [-0.39, 0.29) is 0 Å². The molecule has 0 unspecified atom stereocenters. The molecule has 1 saturated carbocycles. The number of nitrogens with one attached hydrogen (secondary N) is 1. The lowest BCUT2D eigenvalue weighted by Gasteiger charge is -2.20. The molecule has 0 spiro atoms. The normalized spacial score (nSPS) is 16.4. The van der Waals surface area contributed by atoms with Crippen molar-refractivity contribution < 1.29 is 4.42 Å². The molecule has 0 radical (unpaired) electrons. The fraction of sp³-hybridized carbons (Fsp3) is 0.438. The van der Waals surface area contributed by atoms with E-state index >= 15 is 0 Å². The number of aromatic nitrogens is 4. The zero-order valence-electron chi connectivity index (χ0n) is 12.4. The minimum atomic E-state index is 0.380. The van der Waals surface area contributed by atoms with Gasteiger partial charge in [0, 0.05) is 5.92 Å². The van der Waals surface area contributed by atoms with Crippen LogP contribution in [0.15, 0.2) is 22.8 Å². The first-order chi connectivity index (χ1) is 10.8. The van der Waals surface area contributed by atoms with Gasteiger partial charge in [-0.05, 0) is 25.0 Å². The average molecular weight is 297 g/mol. The van der Waals surface area contributed by atoms with Crippen molar-refractivity contribution in [3.63, 3.8) is 0 Å². The van der Waals surface area contributed by atoms with Crippen LogP contribution in [0.25, 0.3) is 11.2 Å². The van der Waals surface area contributed by atoms with Crippen LogP contribution in [0, 0.1) is 0 Å². The Morgan fingerprint density at radius 1 is 1.18 bits per heavy atom. The van der Waals surface area contributed by atoms with Crippen LogP contribution in [0.4, 0.5) is 5.95 Å². The van der Waals surface area contributed by atoms with E-state index in [1.54, 1.807) is 6.26 Å². The Hall–Kier alpha value is -2.37. The lowest BCUT2D eigenvalue weighted by atomic mass is 9.88. The number of hydrogen-bond acceptors (Lipinski definition) is 5. The number of nitrogens with zero attached hydrogens (tertiary/aromatic N) is 3. The van der Waals surface area contributed by atoms with Gasteiger partial charge in [-0.2, -0.15) is 4.98 Å². The third-order valence-electron chi connectivity index (χ3n) is 4.35. The molecule has 0 amide bonds. The van der Waals surface area contributed by atoms with E-state index in [0.29, 0.717) is 23.9 Å². The molecule has 3 heterocycles. The van der Waals surface area contributed by atoms with Crippen molar-refractivity contribution in [2.45, 2.75) is 44.4 Å². The quantitative estimate of drug-likeness (QED) is 0.774. The molecule has 0 bridgehead atoms. The summed E-state index contributed by atoms with van der Waals surface area (Å²) >= 11 is 0. The van der Waals surface area contributed by atoms with Gasteiger partial charge in [-0.25, -0.2) is 9.97 Å². The Morgan fingerprint density at radius 2 is 2.05 bits per heavy atom. The molecule has 3 aromatic rings. The van der Waals surface area contributed by atoms with E-state index in [2.05, 4.69) is 15.0 Å². The number of H-pyrrole nitrogens is 1. The zero-order chi connectivity index (χ0) is 14.9. The summed E-state index contributed by atoms with van der Waals surface area (Å²) in [6.45, 7) is 0. The van der Waals surface area contributed by atoms with Gasteiger partial charge in [-0.3, -0.25) is 0 Å². The number of aromatic amines is 1. The molecule has 3 N–H and O–H groups in total. The fourth-order valence-electron chi connectivity index (χ4n) is 3.24. The predicted octanol–water partition coefficient (Wildman–Crippen LogP) is 3.17. The molecular formula is C16H19N5O. The van der Waals surface area contributed by atoms with Crippen molar-refractivity contribution in [1.82, 2.24) is 19.9 Å². The van der Waals surface area contributed by atoms with Gasteiger partial charge in [-0.15, -0.1) is 0 Å². The molecule has 6 heteroatoms. The van der Waals surface area contributed by atoms with Crippen molar-refractivity contribution in [1.29, 1.82) is 0 Å². The lowest BCUT2D eigenvalue weighted by molar-refractivity contribution is 0.428. The van der Waals surface area contributed by atoms with Gasteiger partial charge < -0.3 is 15.1 Å². The van der Waals surface area contributed by atoms with Crippen LogP contribution in [-0.2, 0) is 6.42 Å². The molecule has 0 atom stereocenters. The summed E-state index contributed by atoms with van der Waals surface area (Å²) in [5, 5.41) is 0. The van der Waals surface area contributed by atoms with Crippen LogP contribution < -0.4 is 5.73 Å². The second kappa shape index (κ2) is 5.44. The van der Waals surface area contributed by atoms with Gasteiger partial charge in [0.2, 0.25) is 0 Å². The molecule has 3 aromatic heterocycles.